The first kappa shape index (κ1) is 24.7. The van der Waals surface area contributed by atoms with Crippen molar-refractivity contribution < 1.29 is 24.3 Å². The molecule has 4 rings (SSSR count). The number of ketones is 2. The molecular formula is C26H32N4O5. The Morgan fingerprint density at radius 1 is 1.23 bits per heavy atom. The number of nitrogens with one attached hydrogen (secondary N) is 3. The van der Waals surface area contributed by atoms with Gasteiger partial charge in [0.2, 0.25) is 0 Å². The molecule has 2 aromatic rings. The number of aryl methyl sites for hydroxylation is 1. The molecule has 1 aliphatic heterocycles. The summed E-state index contributed by atoms with van der Waals surface area (Å²) in [5.41, 5.74) is 3.56. The van der Waals surface area contributed by atoms with Gasteiger partial charge >= 0.3 is 6.03 Å². The highest BCUT2D eigenvalue weighted by molar-refractivity contribution is 6.23. The van der Waals surface area contributed by atoms with Gasteiger partial charge in [-0.05, 0) is 53.8 Å². The fourth-order valence-electron chi connectivity index (χ4n) is 5.52. The van der Waals surface area contributed by atoms with Crippen LogP contribution >= 0.6 is 0 Å². The number of Topliss-reactive ketones (excluding diaryl/α,β-unsaturated/α-hetero) is 2. The summed E-state index contributed by atoms with van der Waals surface area (Å²) >= 11 is 0. The SMILES string of the molecule is CCc1cc(NO)ccc1[C@H]1C(=O)[C@]2(CNCCN2C(=O)NC)C(=O)[C@@H]1Cc1cccc(OC)c1. The predicted molar refractivity (Wildman–Crippen MR) is 131 cm³/mol. The van der Waals surface area contributed by atoms with E-state index in [2.05, 4.69) is 16.1 Å². The molecule has 1 saturated heterocycles. The van der Waals surface area contributed by atoms with Crippen LogP contribution in [0.15, 0.2) is 42.5 Å². The van der Waals surface area contributed by atoms with Gasteiger partial charge in [0.25, 0.3) is 0 Å². The van der Waals surface area contributed by atoms with Crippen LogP contribution in [-0.4, -0.2) is 67.0 Å². The number of anilines is 1. The van der Waals surface area contributed by atoms with Crippen molar-refractivity contribution in [2.24, 2.45) is 5.92 Å². The standard InChI is InChI=1S/C26H32N4O5/c1-4-17-14-18(29-34)8-9-20(17)22-21(13-16-6-5-7-19(12-16)35-3)23(31)26(24(22)32)15-28-10-11-30(26)25(33)27-2/h5-9,12,14,21-22,28-29,34H,4,10-11,13,15H2,1-3H3,(H,27,33)/t21-,22-,26+/m1/s1. The van der Waals surface area contributed by atoms with E-state index in [0.29, 0.717) is 30.8 Å². The quantitative estimate of drug-likeness (QED) is 0.369. The van der Waals surface area contributed by atoms with Crippen molar-refractivity contribution in [2.45, 2.75) is 31.2 Å². The molecule has 0 bridgehead atoms. The summed E-state index contributed by atoms with van der Waals surface area (Å²) in [5.74, 6) is -1.25. The first-order valence-corrected chi connectivity index (χ1v) is 11.9. The highest BCUT2D eigenvalue weighted by atomic mass is 16.5. The average molecular weight is 481 g/mol. The molecular weight excluding hydrogens is 448 g/mol. The molecule has 1 saturated carbocycles. The summed E-state index contributed by atoms with van der Waals surface area (Å²) in [6, 6.07) is 12.3. The number of carbonyl (C=O) groups is 3. The van der Waals surface area contributed by atoms with Gasteiger partial charge in [-0.1, -0.05) is 25.1 Å². The maximum atomic E-state index is 14.3. The lowest BCUT2D eigenvalue weighted by atomic mass is 9.81. The monoisotopic (exact) mass is 480 g/mol. The first-order valence-electron chi connectivity index (χ1n) is 11.9. The van der Waals surface area contributed by atoms with Crippen LogP contribution in [0, 0.1) is 5.92 Å². The Morgan fingerprint density at radius 2 is 2.03 bits per heavy atom. The second-order valence-corrected chi connectivity index (χ2v) is 8.99. The minimum atomic E-state index is -1.58. The largest absolute Gasteiger partial charge is 0.497 e. The molecule has 35 heavy (non-hydrogen) atoms. The fraction of sp³-hybridized carbons (Fsp3) is 0.423. The zero-order valence-corrected chi connectivity index (χ0v) is 20.3. The molecule has 186 valence electrons. The summed E-state index contributed by atoms with van der Waals surface area (Å²) < 4.78 is 5.36. The number of piperazine rings is 1. The third-order valence-corrected chi connectivity index (χ3v) is 7.23. The van der Waals surface area contributed by atoms with E-state index in [-0.39, 0.29) is 24.7 Å². The summed E-state index contributed by atoms with van der Waals surface area (Å²) in [6.45, 7) is 2.80. The average Bonchev–Trinajstić information content (AvgIpc) is 3.09. The van der Waals surface area contributed by atoms with E-state index in [1.807, 2.05) is 31.2 Å². The lowest BCUT2D eigenvalue weighted by Crippen LogP contribution is -2.70. The highest BCUT2D eigenvalue weighted by Gasteiger charge is 2.64. The molecule has 2 amide bonds. The molecule has 1 spiro atoms. The zero-order valence-electron chi connectivity index (χ0n) is 20.3. The maximum absolute atomic E-state index is 14.3. The topological polar surface area (TPSA) is 120 Å². The number of amides is 2. The molecule has 0 unspecified atom stereocenters. The second-order valence-electron chi connectivity index (χ2n) is 8.99. The third kappa shape index (κ3) is 4.15. The van der Waals surface area contributed by atoms with Crippen LogP contribution in [0.25, 0.3) is 0 Å². The second kappa shape index (κ2) is 10.1. The van der Waals surface area contributed by atoms with Gasteiger partial charge in [0, 0.05) is 32.6 Å². The van der Waals surface area contributed by atoms with E-state index >= 15 is 0 Å². The van der Waals surface area contributed by atoms with E-state index in [4.69, 9.17) is 4.74 Å². The number of benzene rings is 2. The molecule has 0 aromatic heterocycles. The van der Waals surface area contributed by atoms with Gasteiger partial charge in [-0.15, -0.1) is 0 Å². The van der Waals surface area contributed by atoms with Crippen molar-refractivity contribution in [2.75, 3.05) is 39.3 Å². The Balaban J connectivity index is 1.86. The minimum Gasteiger partial charge on any atom is -0.497 e. The number of urea groups is 1. The molecule has 1 heterocycles. The lowest BCUT2D eigenvalue weighted by Gasteiger charge is -2.42. The number of carbonyl (C=O) groups excluding carboxylic acids is 3. The molecule has 4 N–H and O–H groups in total. The molecule has 2 aromatic carbocycles. The normalized spacial score (nSPS) is 24.1. The third-order valence-electron chi connectivity index (χ3n) is 7.23. The van der Waals surface area contributed by atoms with Crippen molar-refractivity contribution in [1.82, 2.24) is 15.5 Å². The molecule has 0 radical (unpaired) electrons. The molecule has 1 aliphatic carbocycles. The molecule has 9 nitrogen and oxygen atoms in total. The Labute approximate surface area is 204 Å². The number of nitrogens with zero attached hydrogens (tertiary/aromatic N) is 1. The van der Waals surface area contributed by atoms with E-state index in [1.54, 1.807) is 25.3 Å². The van der Waals surface area contributed by atoms with Gasteiger partial charge in [-0.25, -0.2) is 4.79 Å². The van der Waals surface area contributed by atoms with Gasteiger partial charge in [-0.2, -0.15) is 0 Å². The Kier molecular flexibility index (Phi) is 7.09. The van der Waals surface area contributed by atoms with Crippen LogP contribution in [0.2, 0.25) is 0 Å². The summed E-state index contributed by atoms with van der Waals surface area (Å²) in [4.78, 5) is 42.8. The maximum Gasteiger partial charge on any atom is 0.318 e. The van der Waals surface area contributed by atoms with Gasteiger partial charge in [0.05, 0.1) is 18.7 Å². The van der Waals surface area contributed by atoms with E-state index in [0.717, 1.165) is 16.7 Å². The number of ether oxygens (including phenoxy) is 1. The van der Waals surface area contributed by atoms with Gasteiger partial charge < -0.3 is 20.3 Å². The van der Waals surface area contributed by atoms with Gasteiger partial charge in [-0.3, -0.25) is 20.3 Å². The molecule has 3 atom stereocenters. The fourth-order valence-corrected chi connectivity index (χ4v) is 5.52. The lowest BCUT2D eigenvalue weighted by molar-refractivity contribution is -0.138. The van der Waals surface area contributed by atoms with Crippen LogP contribution in [0.4, 0.5) is 10.5 Å². The van der Waals surface area contributed by atoms with E-state index < -0.39 is 23.4 Å². The van der Waals surface area contributed by atoms with Crippen molar-refractivity contribution in [3.8, 4) is 5.75 Å². The molecule has 2 aliphatic rings. The number of hydrogen-bond acceptors (Lipinski definition) is 7. The van der Waals surface area contributed by atoms with E-state index in [1.165, 1.54) is 11.9 Å². The van der Waals surface area contributed by atoms with Crippen LogP contribution in [0.5, 0.6) is 5.75 Å². The number of hydrogen-bond donors (Lipinski definition) is 4. The highest BCUT2D eigenvalue weighted by Crippen LogP contribution is 2.46. The van der Waals surface area contributed by atoms with Gasteiger partial charge in [0.1, 0.15) is 5.75 Å². The number of rotatable bonds is 6. The molecule has 9 heteroatoms. The summed E-state index contributed by atoms with van der Waals surface area (Å²) in [6.07, 6.45) is 0.943. The molecule has 2 fully saturated rings. The van der Waals surface area contributed by atoms with Crippen LogP contribution in [0.3, 0.4) is 0 Å². The van der Waals surface area contributed by atoms with E-state index in [9.17, 15) is 19.6 Å². The van der Waals surface area contributed by atoms with Gasteiger partial charge in [0.15, 0.2) is 17.1 Å². The first-order chi connectivity index (χ1) is 16.9. The number of methoxy groups -OCH3 is 1. The van der Waals surface area contributed by atoms with Crippen LogP contribution in [0.1, 0.15) is 29.5 Å². The Morgan fingerprint density at radius 3 is 2.71 bits per heavy atom. The Bertz CT molecular complexity index is 1140. The van der Waals surface area contributed by atoms with Crippen molar-refractivity contribution in [3.63, 3.8) is 0 Å². The van der Waals surface area contributed by atoms with Crippen LogP contribution in [-0.2, 0) is 22.4 Å². The minimum absolute atomic E-state index is 0.0843. The van der Waals surface area contributed by atoms with Crippen molar-refractivity contribution in [3.05, 3.63) is 59.2 Å². The zero-order chi connectivity index (χ0) is 25.2. The summed E-state index contributed by atoms with van der Waals surface area (Å²) in [7, 11) is 3.09. The van der Waals surface area contributed by atoms with Crippen LogP contribution < -0.4 is 20.9 Å². The van der Waals surface area contributed by atoms with Crippen molar-refractivity contribution >= 4 is 23.3 Å². The predicted octanol–water partition coefficient (Wildman–Crippen LogP) is 2.14. The smallest absolute Gasteiger partial charge is 0.318 e. The Hall–Kier alpha value is -3.43. The van der Waals surface area contributed by atoms with Crippen molar-refractivity contribution in [1.29, 1.82) is 0 Å². The summed E-state index contributed by atoms with van der Waals surface area (Å²) in [5, 5.41) is 15.2.